The molecule has 1 nitrogen and oxygen atoms in total. The van der Waals surface area contributed by atoms with Crippen molar-refractivity contribution in [2.75, 3.05) is 5.75 Å². The van der Waals surface area contributed by atoms with Crippen molar-refractivity contribution < 1.29 is 0 Å². The van der Waals surface area contributed by atoms with Crippen LogP contribution in [0.3, 0.4) is 0 Å². The molecule has 0 atom stereocenters. The van der Waals surface area contributed by atoms with Crippen molar-refractivity contribution in [1.82, 2.24) is 0 Å². The Morgan fingerprint density at radius 2 is 2.29 bits per heavy atom. The molecular formula is C11H10BrNS. The average molecular weight is 268 g/mol. The highest BCUT2D eigenvalue weighted by atomic mass is 79.9. The van der Waals surface area contributed by atoms with E-state index in [-0.39, 0.29) is 0 Å². The minimum Gasteiger partial charge on any atom is -0.192 e. The van der Waals surface area contributed by atoms with Crippen LogP contribution in [0.25, 0.3) is 6.08 Å². The van der Waals surface area contributed by atoms with E-state index in [0.717, 1.165) is 10.9 Å². The maximum Gasteiger partial charge on any atom is 0.0991 e. The molecule has 14 heavy (non-hydrogen) atoms. The van der Waals surface area contributed by atoms with Crippen LogP contribution in [0.15, 0.2) is 24.3 Å². The number of nitrogens with zero attached hydrogens (tertiary/aromatic N) is 1. The number of nitriles is 1. The lowest BCUT2D eigenvalue weighted by molar-refractivity contribution is 1.38. The van der Waals surface area contributed by atoms with Gasteiger partial charge in [-0.3, -0.25) is 0 Å². The molecule has 1 aromatic rings. The summed E-state index contributed by atoms with van der Waals surface area (Å²) in [6.45, 7) is 0. The fourth-order valence-electron chi connectivity index (χ4n) is 1.12. The second-order valence-corrected chi connectivity index (χ2v) is 3.67. The Balaban J connectivity index is 3.10. The first-order valence-electron chi connectivity index (χ1n) is 4.18. The Hall–Kier alpha value is -0.720. The van der Waals surface area contributed by atoms with Crippen LogP contribution in [-0.4, -0.2) is 5.75 Å². The van der Waals surface area contributed by atoms with Crippen LogP contribution in [0, 0.1) is 11.3 Å². The molecule has 0 aliphatic rings. The summed E-state index contributed by atoms with van der Waals surface area (Å²) in [6.07, 6.45) is 3.95. The fraction of sp³-hybridized carbons (Fsp3) is 0.182. The molecule has 0 heterocycles. The van der Waals surface area contributed by atoms with Gasteiger partial charge in [-0.1, -0.05) is 34.1 Å². The van der Waals surface area contributed by atoms with E-state index in [0.29, 0.717) is 11.3 Å². The zero-order valence-corrected chi connectivity index (χ0v) is 10.1. The third kappa shape index (κ3) is 2.90. The normalized spacial score (nSPS) is 10.4. The molecule has 0 amide bonds. The van der Waals surface area contributed by atoms with E-state index < -0.39 is 0 Å². The summed E-state index contributed by atoms with van der Waals surface area (Å²) in [5, 5.41) is 9.55. The maximum atomic E-state index is 8.75. The molecule has 0 unspecified atom stereocenters. The molecule has 0 fully saturated rings. The predicted molar refractivity (Wildman–Crippen MR) is 66.7 cm³/mol. The molecule has 0 aliphatic carbocycles. The Morgan fingerprint density at radius 3 is 2.86 bits per heavy atom. The Morgan fingerprint density at radius 1 is 1.50 bits per heavy atom. The molecule has 0 N–H and O–H groups in total. The smallest absolute Gasteiger partial charge is 0.0991 e. The predicted octanol–water partition coefficient (Wildman–Crippen LogP) is 3.40. The highest BCUT2D eigenvalue weighted by Crippen LogP contribution is 2.16. The molecule has 0 aromatic heterocycles. The van der Waals surface area contributed by atoms with Gasteiger partial charge in [-0.2, -0.15) is 17.9 Å². The molecule has 0 saturated carbocycles. The van der Waals surface area contributed by atoms with Crippen molar-refractivity contribution >= 4 is 34.6 Å². The van der Waals surface area contributed by atoms with Crippen molar-refractivity contribution in [2.24, 2.45) is 0 Å². The molecule has 0 bridgehead atoms. The monoisotopic (exact) mass is 267 g/mol. The minimum atomic E-state index is 0.688. The summed E-state index contributed by atoms with van der Waals surface area (Å²) >= 11 is 7.51. The zero-order chi connectivity index (χ0) is 10.4. The van der Waals surface area contributed by atoms with Gasteiger partial charge in [-0.15, -0.1) is 0 Å². The molecule has 0 spiro atoms. The number of hydrogen-bond acceptors (Lipinski definition) is 2. The van der Waals surface area contributed by atoms with E-state index in [1.165, 1.54) is 5.56 Å². The van der Waals surface area contributed by atoms with Gasteiger partial charge in [0, 0.05) is 11.1 Å². The standard InChI is InChI=1S/C11H10BrNS/c12-7-11-4-3-9(8-13)6-10(11)2-1-5-14/h1-4,6,14H,5,7H2. The van der Waals surface area contributed by atoms with Crippen LogP contribution in [-0.2, 0) is 5.33 Å². The van der Waals surface area contributed by atoms with Gasteiger partial charge in [0.25, 0.3) is 0 Å². The van der Waals surface area contributed by atoms with Gasteiger partial charge in [0.05, 0.1) is 11.6 Å². The second kappa shape index (κ2) is 5.90. The van der Waals surface area contributed by atoms with Crippen molar-refractivity contribution in [3.05, 3.63) is 41.0 Å². The van der Waals surface area contributed by atoms with Crippen molar-refractivity contribution in [1.29, 1.82) is 5.26 Å². The lowest BCUT2D eigenvalue weighted by atomic mass is 10.1. The Bertz CT molecular complexity index is 379. The number of halogens is 1. The van der Waals surface area contributed by atoms with Crippen LogP contribution < -0.4 is 0 Å². The molecule has 0 saturated heterocycles. The third-order valence-corrected chi connectivity index (χ3v) is 2.64. The van der Waals surface area contributed by atoms with Gasteiger partial charge in [-0.05, 0) is 23.3 Å². The molecule has 3 heteroatoms. The number of rotatable bonds is 3. The quantitative estimate of drug-likeness (QED) is 0.659. The second-order valence-electron chi connectivity index (χ2n) is 2.74. The summed E-state index contributed by atoms with van der Waals surface area (Å²) in [5.41, 5.74) is 2.95. The first-order valence-corrected chi connectivity index (χ1v) is 5.93. The SMILES string of the molecule is N#Cc1ccc(CBr)c(C=CCS)c1. The highest BCUT2D eigenvalue weighted by molar-refractivity contribution is 9.08. The van der Waals surface area contributed by atoms with E-state index in [1.54, 1.807) is 0 Å². The maximum absolute atomic E-state index is 8.75. The van der Waals surface area contributed by atoms with Gasteiger partial charge in [0.1, 0.15) is 0 Å². The molecule has 72 valence electrons. The third-order valence-electron chi connectivity index (χ3n) is 1.82. The van der Waals surface area contributed by atoms with E-state index >= 15 is 0 Å². The summed E-state index contributed by atoms with van der Waals surface area (Å²) in [5.74, 6) is 0.707. The van der Waals surface area contributed by atoms with Crippen molar-refractivity contribution in [3.8, 4) is 6.07 Å². The number of alkyl halides is 1. The summed E-state index contributed by atoms with van der Waals surface area (Å²) in [7, 11) is 0. The molecular weight excluding hydrogens is 258 g/mol. The summed E-state index contributed by atoms with van der Waals surface area (Å²) in [6, 6.07) is 7.80. The van der Waals surface area contributed by atoms with E-state index in [4.69, 9.17) is 5.26 Å². The van der Waals surface area contributed by atoms with Gasteiger partial charge in [0.2, 0.25) is 0 Å². The zero-order valence-electron chi connectivity index (χ0n) is 7.57. The Kier molecular flexibility index (Phi) is 4.78. The molecule has 0 aliphatic heterocycles. The van der Waals surface area contributed by atoms with Gasteiger partial charge >= 0.3 is 0 Å². The first-order chi connectivity index (χ1) is 6.81. The van der Waals surface area contributed by atoms with Gasteiger partial charge in [-0.25, -0.2) is 0 Å². The van der Waals surface area contributed by atoms with Gasteiger partial charge in [0.15, 0.2) is 0 Å². The summed E-state index contributed by atoms with van der Waals surface area (Å²) < 4.78 is 0. The fourth-order valence-corrected chi connectivity index (χ4v) is 1.74. The average Bonchev–Trinajstić information content (AvgIpc) is 2.25. The van der Waals surface area contributed by atoms with E-state index in [9.17, 15) is 0 Å². The highest BCUT2D eigenvalue weighted by Gasteiger charge is 1.99. The van der Waals surface area contributed by atoms with Crippen LogP contribution in [0.2, 0.25) is 0 Å². The Labute approximate surface area is 98.0 Å². The van der Waals surface area contributed by atoms with Crippen LogP contribution >= 0.6 is 28.6 Å². The molecule has 1 aromatic carbocycles. The summed E-state index contributed by atoms with van der Waals surface area (Å²) in [4.78, 5) is 0. The minimum absolute atomic E-state index is 0.688. The van der Waals surface area contributed by atoms with E-state index in [1.807, 2.05) is 30.4 Å². The molecule has 1 rings (SSSR count). The number of hydrogen-bond donors (Lipinski definition) is 1. The lowest BCUT2D eigenvalue weighted by Gasteiger charge is -2.02. The first kappa shape index (κ1) is 11.4. The van der Waals surface area contributed by atoms with Crippen LogP contribution in [0.4, 0.5) is 0 Å². The van der Waals surface area contributed by atoms with Crippen LogP contribution in [0.1, 0.15) is 16.7 Å². The molecule has 0 radical (unpaired) electrons. The largest absolute Gasteiger partial charge is 0.192 e. The van der Waals surface area contributed by atoms with Gasteiger partial charge < -0.3 is 0 Å². The number of benzene rings is 1. The number of thiol groups is 1. The van der Waals surface area contributed by atoms with E-state index in [2.05, 4.69) is 34.6 Å². The van der Waals surface area contributed by atoms with Crippen molar-refractivity contribution in [3.63, 3.8) is 0 Å². The topological polar surface area (TPSA) is 23.8 Å². The lowest BCUT2D eigenvalue weighted by Crippen LogP contribution is -1.86. The van der Waals surface area contributed by atoms with Crippen LogP contribution in [0.5, 0.6) is 0 Å². The van der Waals surface area contributed by atoms with Crippen molar-refractivity contribution in [2.45, 2.75) is 5.33 Å².